The van der Waals surface area contributed by atoms with E-state index in [4.69, 9.17) is 4.74 Å². The maximum atomic E-state index is 11.8. The fraction of sp³-hybridized carbons (Fsp3) is 0.231. The lowest BCUT2D eigenvalue weighted by atomic mass is 10.1. The Balaban J connectivity index is 1.96. The van der Waals surface area contributed by atoms with Crippen molar-refractivity contribution >= 4 is 26.7 Å². The topological polar surface area (TPSA) is 18.5 Å². The van der Waals surface area contributed by atoms with Gasteiger partial charge in [0.1, 0.15) is 12.4 Å². The summed E-state index contributed by atoms with van der Waals surface area (Å²) in [5.41, 5.74) is 0. The van der Waals surface area contributed by atoms with Crippen LogP contribution in [0.2, 0.25) is 0 Å². The molecule has 2 rings (SSSR count). The van der Waals surface area contributed by atoms with Crippen LogP contribution in [0, 0.1) is 0 Å². The van der Waals surface area contributed by atoms with Gasteiger partial charge in [0, 0.05) is 4.47 Å². The highest BCUT2D eigenvalue weighted by atomic mass is 79.9. The third-order valence-electron chi connectivity index (χ3n) is 2.35. The molecule has 0 fully saturated rings. The number of fused-ring (bicyclic) bond motifs is 1. The highest BCUT2D eigenvalue weighted by molar-refractivity contribution is 9.10. The SMILES string of the molecule is FC(F)(F)COCOc1ccc2cc(Br)ccc2c1. The zero-order valence-corrected chi connectivity index (χ0v) is 11.3. The Labute approximate surface area is 116 Å². The molecule has 0 atom stereocenters. The van der Waals surface area contributed by atoms with Crippen molar-refractivity contribution in [1.82, 2.24) is 0 Å². The fourth-order valence-electron chi connectivity index (χ4n) is 1.55. The molecule has 0 aliphatic carbocycles. The number of rotatable bonds is 4. The second kappa shape index (κ2) is 5.79. The van der Waals surface area contributed by atoms with Gasteiger partial charge in [0.05, 0.1) is 0 Å². The highest BCUT2D eigenvalue weighted by Crippen LogP contribution is 2.24. The molecule has 0 bridgehead atoms. The van der Waals surface area contributed by atoms with Crippen molar-refractivity contribution in [3.8, 4) is 5.75 Å². The predicted octanol–water partition coefficient (Wildman–Crippen LogP) is 4.52. The Kier molecular flexibility index (Phi) is 4.31. The lowest BCUT2D eigenvalue weighted by Gasteiger charge is -2.10. The van der Waals surface area contributed by atoms with E-state index in [1.54, 1.807) is 12.1 Å². The van der Waals surface area contributed by atoms with Crippen LogP contribution in [-0.2, 0) is 4.74 Å². The molecule has 0 aromatic heterocycles. The minimum atomic E-state index is -4.33. The summed E-state index contributed by atoms with van der Waals surface area (Å²) in [6, 6.07) is 11.0. The number of alkyl halides is 3. The Morgan fingerprint density at radius 2 is 1.68 bits per heavy atom. The van der Waals surface area contributed by atoms with Crippen LogP contribution in [0.4, 0.5) is 13.2 Å². The van der Waals surface area contributed by atoms with Crippen LogP contribution in [0.5, 0.6) is 5.75 Å². The molecular weight excluding hydrogens is 325 g/mol. The van der Waals surface area contributed by atoms with Crippen LogP contribution < -0.4 is 4.74 Å². The number of ether oxygens (including phenoxy) is 2. The summed E-state index contributed by atoms with van der Waals surface area (Å²) >= 11 is 3.36. The van der Waals surface area contributed by atoms with Crippen molar-refractivity contribution in [2.75, 3.05) is 13.4 Å². The quantitative estimate of drug-likeness (QED) is 0.604. The van der Waals surface area contributed by atoms with E-state index in [9.17, 15) is 13.2 Å². The number of benzene rings is 2. The zero-order valence-electron chi connectivity index (χ0n) is 9.71. The molecule has 0 aliphatic rings. The monoisotopic (exact) mass is 334 g/mol. The number of halogens is 4. The van der Waals surface area contributed by atoms with Gasteiger partial charge in [0.15, 0.2) is 6.79 Å². The van der Waals surface area contributed by atoms with Crippen molar-refractivity contribution in [3.05, 3.63) is 40.9 Å². The van der Waals surface area contributed by atoms with Gasteiger partial charge in [-0.1, -0.05) is 28.1 Å². The van der Waals surface area contributed by atoms with Crippen molar-refractivity contribution in [2.24, 2.45) is 0 Å². The molecule has 0 N–H and O–H groups in total. The molecule has 0 spiro atoms. The third kappa shape index (κ3) is 4.40. The van der Waals surface area contributed by atoms with Crippen molar-refractivity contribution in [1.29, 1.82) is 0 Å². The first-order valence-electron chi connectivity index (χ1n) is 5.41. The van der Waals surface area contributed by atoms with Crippen molar-refractivity contribution in [3.63, 3.8) is 0 Å². The third-order valence-corrected chi connectivity index (χ3v) is 2.84. The van der Waals surface area contributed by atoms with Gasteiger partial charge < -0.3 is 9.47 Å². The minimum Gasteiger partial charge on any atom is -0.468 e. The summed E-state index contributed by atoms with van der Waals surface area (Å²) in [7, 11) is 0. The molecule has 0 unspecified atom stereocenters. The second-order valence-electron chi connectivity index (χ2n) is 3.88. The number of hydrogen-bond donors (Lipinski definition) is 0. The Morgan fingerprint density at radius 3 is 2.42 bits per heavy atom. The molecule has 6 heteroatoms. The average molecular weight is 335 g/mol. The van der Waals surface area contributed by atoms with Gasteiger partial charge in [-0.25, -0.2) is 0 Å². The van der Waals surface area contributed by atoms with Crippen LogP contribution in [0.25, 0.3) is 10.8 Å². The Bertz CT molecular complexity index is 569. The summed E-state index contributed by atoms with van der Waals surface area (Å²) < 4.78 is 46.0. The fourth-order valence-corrected chi connectivity index (χ4v) is 1.93. The maximum Gasteiger partial charge on any atom is 0.411 e. The van der Waals surface area contributed by atoms with Crippen molar-refractivity contribution < 1.29 is 22.6 Å². The molecule has 0 aliphatic heterocycles. The first kappa shape index (κ1) is 14.1. The molecule has 2 nitrogen and oxygen atoms in total. The smallest absolute Gasteiger partial charge is 0.411 e. The van der Waals surface area contributed by atoms with Gasteiger partial charge in [-0.3, -0.25) is 0 Å². The second-order valence-corrected chi connectivity index (χ2v) is 4.79. The zero-order chi connectivity index (χ0) is 13.9. The maximum absolute atomic E-state index is 11.8. The molecule has 0 saturated heterocycles. The van der Waals surface area contributed by atoms with Crippen LogP contribution >= 0.6 is 15.9 Å². The summed E-state index contributed by atoms with van der Waals surface area (Å²) in [5.74, 6) is 0.469. The summed E-state index contributed by atoms with van der Waals surface area (Å²) in [6.45, 7) is -1.74. The van der Waals surface area contributed by atoms with E-state index in [-0.39, 0.29) is 0 Å². The first-order valence-corrected chi connectivity index (χ1v) is 6.20. The molecule has 19 heavy (non-hydrogen) atoms. The van der Waals surface area contributed by atoms with Gasteiger partial charge in [-0.15, -0.1) is 0 Å². The molecule has 2 aromatic carbocycles. The van der Waals surface area contributed by atoms with E-state index in [1.165, 1.54) is 0 Å². The van der Waals surface area contributed by atoms with Crippen LogP contribution in [0.1, 0.15) is 0 Å². The standard InChI is InChI=1S/C13H10BrF3O2/c14-11-3-1-10-6-12(4-2-9(10)5-11)19-8-18-7-13(15,16)17/h1-6H,7-8H2. The lowest BCUT2D eigenvalue weighted by molar-refractivity contribution is -0.186. The Hall–Kier alpha value is -1.27. The van der Waals surface area contributed by atoms with Gasteiger partial charge in [-0.05, 0) is 35.0 Å². The normalized spacial score (nSPS) is 11.8. The van der Waals surface area contributed by atoms with Crippen LogP contribution in [0.3, 0.4) is 0 Å². The van der Waals surface area contributed by atoms with E-state index in [2.05, 4.69) is 20.7 Å². The molecular formula is C13H10BrF3O2. The van der Waals surface area contributed by atoms with E-state index in [0.717, 1.165) is 15.2 Å². The van der Waals surface area contributed by atoms with Gasteiger partial charge in [-0.2, -0.15) is 13.2 Å². The van der Waals surface area contributed by atoms with E-state index < -0.39 is 19.6 Å². The van der Waals surface area contributed by atoms with Crippen LogP contribution in [-0.4, -0.2) is 19.6 Å². The van der Waals surface area contributed by atoms with Gasteiger partial charge in [0.2, 0.25) is 0 Å². The van der Waals surface area contributed by atoms with Gasteiger partial charge >= 0.3 is 6.18 Å². The molecule has 0 amide bonds. The lowest BCUT2D eigenvalue weighted by Crippen LogP contribution is -2.19. The summed E-state index contributed by atoms with van der Waals surface area (Å²) in [4.78, 5) is 0. The first-order chi connectivity index (χ1) is 8.94. The van der Waals surface area contributed by atoms with E-state index in [0.29, 0.717) is 5.75 Å². The average Bonchev–Trinajstić information content (AvgIpc) is 2.33. The van der Waals surface area contributed by atoms with E-state index in [1.807, 2.05) is 24.3 Å². The Morgan fingerprint density at radius 1 is 1.00 bits per heavy atom. The summed E-state index contributed by atoms with van der Waals surface area (Å²) in [6.07, 6.45) is -4.33. The summed E-state index contributed by atoms with van der Waals surface area (Å²) in [5, 5.41) is 1.95. The molecule has 0 saturated carbocycles. The molecule has 2 aromatic rings. The largest absolute Gasteiger partial charge is 0.468 e. The van der Waals surface area contributed by atoms with Gasteiger partial charge in [0.25, 0.3) is 0 Å². The molecule has 0 radical (unpaired) electrons. The predicted molar refractivity (Wildman–Crippen MR) is 69.2 cm³/mol. The molecule has 102 valence electrons. The number of hydrogen-bond acceptors (Lipinski definition) is 2. The van der Waals surface area contributed by atoms with E-state index >= 15 is 0 Å². The highest BCUT2D eigenvalue weighted by Gasteiger charge is 2.27. The van der Waals surface area contributed by atoms with Crippen LogP contribution in [0.15, 0.2) is 40.9 Å². The minimum absolute atomic E-state index is 0.429. The molecule has 0 heterocycles. The van der Waals surface area contributed by atoms with Crippen molar-refractivity contribution in [2.45, 2.75) is 6.18 Å².